The van der Waals surface area contributed by atoms with E-state index in [0.29, 0.717) is 28.8 Å². The maximum atomic E-state index is 13.2. The van der Waals surface area contributed by atoms with Crippen LogP contribution in [0.2, 0.25) is 5.02 Å². The third-order valence-electron chi connectivity index (χ3n) is 5.53. The van der Waals surface area contributed by atoms with Gasteiger partial charge in [0.2, 0.25) is 0 Å². The van der Waals surface area contributed by atoms with Crippen molar-refractivity contribution in [1.29, 1.82) is 0 Å². The first-order valence-electron chi connectivity index (χ1n) is 10.2. The average Bonchev–Trinajstić information content (AvgIpc) is 2.70. The molecule has 6 nitrogen and oxygen atoms in total. The Bertz CT molecular complexity index is 1010. The first kappa shape index (κ1) is 23.6. The first-order valence-corrected chi connectivity index (χ1v) is 11.7. The number of piperazine rings is 1. The van der Waals surface area contributed by atoms with Gasteiger partial charge in [-0.05, 0) is 76.1 Å². The lowest BCUT2D eigenvalue weighted by Gasteiger charge is -2.41. The number of ether oxygens (including phenoxy) is 1. The van der Waals surface area contributed by atoms with E-state index in [2.05, 4.69) is 18.7 Å². The van der Waals surface area contributed by atoms with Gasteiger partial charge in [0.15, 0.2) is 5.60 Å². The van der Waals surface area contributed by atoms with E-state index in [4.69, 9.17) is 16.3 Å². The van der Waals surface area contributed by atoms with Gasteiger partial charge in [0.25, 0.3) is 0 Å². The van der Waals surface area contributed by atoms with Crippen molar-refractivity contribution in [3.05, 3.63) is 52.5 Å². The lowest BCUT2D eigenvalue weighted by molar-refractivity contribution is -0.152. The van der Waals surface area contributed by atoms with Crippen LogP contribution in [0.15, 0.2) is 41.3 Å². The highest BCUT2D eigenvalue weighted by atomic mass is 35.5. The van der Waals surface area contributed by atoms with Crippen LogP contribution in [-0.4, -0.2) is 50.9 Å². The minimum Gasteiger partial charge on any atom is -0.478 e. The predicted molar refractivity (Wildman–Crippen MR) is 125 cm³/mol. The maximum absolute atomic E-state index is 13.2. The Morgan fingerprint density at radius 2 is 1.87 bits per heavy atom. The number of rotatable bonds is 6. The molecule has 1 N–H and O–H groups in total. The molecule has 1 heterocycles. The lowest BCUT2D eigenvalue weighted by atomic mass is 10.1. The van der Waals surface area contributed by atoms with Gasteiger partial charge in [0, 0.05) is 36.4 Å². The number of nitrogens with zero attached hydrogens (tertiary/aromatic N) is 2. The second kappa shape index (κ2) is 9.18. The molecule has 2 atom stereocenters. The molecule has 2 aromatic carbocycles. The Morgan fingerprint density at radius 3 is 2.48 bits per heavy atom. The number of carbonyl (C=O) groups is 1. The summed E-state index contributed by atoms with van der Waals surface area (Å²) < 4.78 is 20.8. The van der Waals surface area contributed by atoms with E-state index in [0.717, 1.165) is 17.8 Å². The normalized spacial score (nSPS) is 18.6. The van der Waals surface area contributed by atoms with Gasteiger partial charge >= 0.3 is 5.97 Å². The minimum atomic E-state index is -1.34. The zero-order valence-electron chi connectivity index (χ0n) is 18.5. The van der Waals surface area contributed by atoms with Gasteiger partial charge in [-0.3, -0.25) is 0 Å². The Balaban J connectivity index is 1.72. The summed E-state index contributed by atoms with van der Waals surface area (Å²) in [5, 5.41) is 9.99. The van der Waals surface area contributed by atoms with Crippen molar-refractivity contribution < 1.29 is 18.8 Å². The summed E-state index contributed by atoms with van der Waals surface area (Å²) in [7, 11) is -1.31. The van der Waals surface area contributed by atoms with Gasteiger partial charge in [-0.2, -0.15) is 0 Å². The molecule has 0 amide bonds. The van der Waals surface area contributed by atoms with Crippen molar-refractivity contribution in [3.8, 4) is 5.75 Å². The predicted octanol–water partition coefficient (Wildman–Crippen LogP) is 4.43. The molecule has 1 saturated heterocycles. The van der Waals surface area contributed by atoms with E-state index in [1.165, 1.54) is 19.4 Å². The van der Waals surface area contributed by atoms with E-state index in [1.807, 2.05) is 35.5 Å². The molecule has 1 aliphatic heterocycles. The van der Waals surface area contributed by atoms with Crippen LogP contribution in [0.3, 0.4) is 0 Å². The van der Waals surface area contributed by atoms with E-state index < -0.39 is 22.6 Å². The zero-order chi connectivity index (χ0) is 22.9. The molecule has 8 heteroatoms. The fourth-order valence-electron chi connectivity index (χ4n) is 3.64. The summed E-state index contributed by atoms with van der Waals surface area (Å²) in [6.07, 6.45) is 0. The highest BCUT2D eigenvalue weighted by molar-refractivity contribution is 7.82. The second-order valence-corrected chi connectivity index (χ2v) is 10.4. The fraction of sp³-hybridized carbons (Fsp3) is 0.435. The molecule has 0 radical (unpaired) electrons. The molecule has 2 unspecified atom stereocenters. The second-order valence-electron chi connectivity index (χ2n) is 8.46. The minimum absolute atomic E-state index is 0.176. The maximum Gasteiger partial charge on any atom is 0.347 e. The number of hydrogen-bond acceptors (Lipinski definition) is 4. The summed E-state index contributed by atoms with van der Waals surface area (Å²) >= 11 is 6.20. The average molecular weight is 465 g/mol. The molecule has 0 bridgehead atoms. The number of halogens is 1. The first-order chi connectivity index (χ1) is 14.5. The number of aliphatic carboxylic acids is 1. The van der Waals surface area contributed by atoms with Crippen molar-refractivity contribution >= 4 is 34.2 Å². The number of anilines is 1. The summed E-state index contributed by atoms with van der Waals surface area (Å²) in [4.78, 5) is 14.3. The topological polar surface area (TPSA) is 70.1 Å². The van der Waals surface area contributed by atoms with Crippen molar-refractivity contribution in [3.63, 3.8) is 0 Å². The smallest absolute Gasteiger partial charge is 0.347 e. The molecule has 31 heavy (non-hydrogen) atoms. The summed E-state index contributed by atoms with van der Waals surface area (Å²) in [6, 6.07) is 11.3. The van der Waals surface area contributed by atoms with Crippen LogP contribution < -0.4 is 9.64 Å². The lowest BCUT2D eigenvalue weighted by Crippen LogP contribution is -2.52. The van der Waals surface area contributed by atoms with Gasteiger partial charge in [-0.25, -0.2) is 13.3 Å². The zero-order valence-corrected chi connectivity index (χ0v) is 20.1. The van der Waals surface area contributed by atoms with Crippen molar-refractivity contribution in [2.45, 2.75) is 51.2 Å². The van der Waals surface area contributed by atoms with E-state index in [-0.39, 0.29) is 6.04 Å². The number of carboxylic acid groups (broad SMARTS) is 1. The molecule has 2 aromatic rings. The summed E-state index contributed by atoms with van der Waals surface area (Å²) in [5.74, 6) is -0.566. The molecule has 1 fully saturated rings. The van der Waals surface area contributed by atoms with E-state index >= 15 is 0 Å². The Labute approximate surface area is 191 Å². The largest absolute Gasteiger partial charge is 0.478 e. The van der Waals surface area contributed by atoms with E-state index in [9.17, 15) is 14.1 Å². The Hall–Kier alpha value is -2.09. The van der Waals surface area contributed by atoms with Gasteiger partial charge in [0.1, 0.15) is 16.7 Å². The van der Waals surface area contributed by atoms with Crippen LogP contribution >= 0.6 is 11.6 Å². The number of carboxylic acids is 1. The Kier molecular flexibility index (Phi) is 6.98. The van der Waals surface area contributed by atoms with Gasteiger partial charge in [0.05, 0.1) is 4.90 Å². The van der Waals surface area contributed by atoms with Crippen LogP contribution in [-0.2, 0) is 15.8 Å². The SMILES string of the molecule is Cc1cc(S(=O)N2CCN(c3cc(Cl)ccc3C)C(C)C2)ccc1OC(C)(C)C(=O)O. The standard InChI is InChI=1S/C23H29ClN2O4S/c1-15-6-7-18(24)13-20(15)26-11-10-25(14-17(26)3)31(29)19-8-9-21(16(2)12-19)30-23(4,5)22(27)28/h6-9,12-13,17H,10-11,14H2,1-5H3,(H,27,28). The van der Waals surface area contributed by atoms with Crippen molar-refractivity contribution in [1.82, 2.24) is 4.31 Å². The summed E-state index contributed by atoms with van der Waals surface area (Å²) in [5.41, 5.74) is 1.70. The van der Waals surface area contributed by atoms with Gasteiger partial charge < -0.3 is 14.7 Å². The highest BCUT2D eigenvalue weighted by Gasteiger charge is 2.31. The molecule has 3 rings (SSSR count). The Morgan fingerprint density at radius 1 is 1.16 bits per heavy atom. The molecule has 0 aromatic heterocycles. The number of aryl methyl sites for hydroxylation is 2. The van der Waals surface area contributed by atoms with Gasteiger partial charge in [-0.15, -0.1) is 0 Å². The molecular formula is C23H29ClN2O4S. The van der Waals surface area contributed by atoms with Crippen LogP contribution in [0.1, 0.15) is 31.9 Å². The van der Waals surface area contributed by atoms with Gasteiger partial charge in [-0.1, -0.05) is 17.7 Å². The third kappa shape index (κ3) is 5.22. The van der Waals surface area contributed by atoms with E-state index in [1.54, 1.807) is 12.1 Å². The number of benzene rings is 2. The summed E-state index contributed by atoms with van der Waals surface area (Å²) in [6.45, 7) is 11.1. The third-order valence-corrected chi connectivity index (χ3v) is 7.23. The molecule has 0 saturated carbocycles. The highest BCUT2D eigenvalue weighted by Crippen LogP contribution is 2.30. The molecule has 0 aliphatic carbocycles. The van der Waals surface area contributed by atoms with Crippen LogP contribution in [0.25, 0.3) is 0 Å². The monoisotopic (exact) mass is 464 g/mol. The van der Waals surface area contributed by atoms with Crippen LogP contribution in [0.5, 0.6) is 5.75 Å². The van der Waals surface area contributed by atoms with Crippen molar-refractivity contribution in [2.75, 3.05) is 24.5 Å². The molecule has 1 aliphatic rings. The quantitative estimate of drug-likeness (QED) is 0.684. The fourth-order valence-corrected chi connectivity index (χ4v) is 5.16. The number of hydrogen-bond donors (Lipinski definition) is 1. The van der Waals surface area contributed by atoms with Crippen molar-refractivity contribution in [2.24, 2.45) is 0 Å². The van der Waals surface area contributed by atoms with Crippen LogP contribution in [0.4, 0.5) is 5.69 Å². The molecular weight excluding hydrogens is 436 g/mol. The van der Waals surface area contributed by atoms with Crippen LogP contribution in [0, 0.1) is 13.8 Å². The molecule has 0 spiro atoms. The molecule has 168 valence electrons.